The number of hydrogen-bond acceptors (Lipinski definition) is 3. The Morgan fingerprint density at radius 3 is 2.63 bits per heavy atom. The highest BCUT2D eigenvalue weighted by Gasteiger charge is 2.15. The zero-order chi connectivity index (χ0) is 13.7. The molecule has 0 saturated heterocycles. The van der Waals surface area contributed by atoms with Gasteiger partial charge in [0.05, 0.1) is 12.3 Å². The smallest absolute Gasteiger partial charge is 0.216 e. The number of benzene rings is 1. The Hall–Kier alpha value is -1.66. The van der Waals surface area contributed by atoms with Crippen LogP contribution in [0.5, 0.6) is 0 Å². The van der Waals surface area contributed by atoms with Crippen molar-refractivity contribution >= 4 is 10.0 Å². The van der Waals surface area contributed by atoms with Crippen LogP contribution in [0.25, 0.3) is 0 Å². The molecule has 6 heteroatoms. The molecule has 0 saturated carbocycles. The molecule has 102 valence electrons. The van der Waals surface area contributed by atoms with Crippen molar-refractivity contribution in [2.45, 2.75) is 25.3 Å². The van der Waals surface area contributed by atoms with Gasteiger partial charge in [-0.3, -0.25) is 4.68 Å². The first-order valence-electron chi connectivity index (χ1n) is 6.06. The topological polar surface area (TPSA) is 64.0 Å². The molecule has 0 bridgehead atoms. The summed E-state index contributed by atoms with van der Waals surface area (Å²) in [7, 11) is -3.33. The predicted molar refractivity (Wildman–Crippen MR) is 73.9 cm³/mol. The molecule has 1 aromatic carbocycles. The Morgan fingerprint density at radius 1 is 1.26 bits per heavy atom. The van der Waals surface area contributed by atoms with E-state index in [1.165, 1.54) is 0 Å². The van der Waals surface area contributed by atoms with Crippen LogP contribution in [-0.4, -0.2) is 24.2 Å². The molecule has 2 aromatic rings. The SMILES string of the molecule is C[C@@H](Cn1cccn1)NS(=O)(=O)Cc1ccccc1. The normalized spacial score (nSPS) is 13.3. The summed E-state index contributed by atoms with van der Waals surface area (Å²) in [5.74, 6) is -0.00269. The third kappa shape index (κ3) is 4.50. The van der Waals surface area contributed by atoms with Gasteiger partial charge >= 0.3 is 0 Å². The van der Waals surface area contributed by atoms with Crippen LogP contribution in [0.4, 0.5) is 0 Å². The molecule has 0 unspecified atom stereocenters. The number of aromatic nitrogens is 2. The Kier molecular flexibility index (Phi) is 4.34. The first-order valence-corrected chi connectivity index (χ1v) is 7.72. The van der Waals surface area contributed by atoms with Gasteiger partial charge in [-0.1, -0.05) is 30.3 Å². The van der Waals surface area contributed by atoms with Crippen LogP contribution in [0.1, 0.15) is 12.5 Å². The Balaban J connectivity index is 1.93. The summed E-state index contributed by atoms with van der Waals surface area (Å²) in [6, 6.07) is 10.7. The lowest BCUT2D eigenvalue weighted by atomic mass is 10.2. The fourth-order valence-corrected chi connectivity index (χ4v) is 3.27. The second kappa shape index (κ2) is 5.99. The fourth-order valence-electron chi connectivity index (χ4n) is 1.87. The van der Waals surface area contributed by atoms with E-state index in [0.717, 1.165) is 5.56 Å². The van der Waals surface area contributed by atoms with E-state index in [0.29, 0.717) is 6.54 Å². The summed E-state index contributed by atoms with van der Waals surface area (Å²) >= 11 is 0. The summed E-state index contributed by atoms with van der Waals surface area (Å²) in [6.45, 7) is 2.34. The minimum atomic E-state index is -3.33. The summed E-state index contributed by atoms with van der Waals surface area (Å²) in [5.41, 5.74) is 0.779. The van der Waals surface area contributed by atoms with Gasteiger partial charge in [0.25, 0.3) is 0 Å². The molecule has 0 aliphatic rings. The van der Waals surface area contributed by atoms with Crippen molar-refractivity contribution in [3.8, 4) is 0 Å². The first kappa shape index (κ1) is 13.8. The highest BCUT2D eigenvalue weighted by molar-refractivity contribution is 7.88. The van der Waals surface area contributed by atoms with E-state index < -0.39 is 10.0 Å². The molecular weight excluding hydrogens is 262 g/mol. The minimum Gasteiger partial charge on any atom is -0.271 e. The van der Waals surface area contributed by atoms with Crippen molar-refractivity contribution in [1.82, 2.24) is 14.5 Å². The maximum Gasteiger partial charge on any atom is 0.216 e. The standard InChI is InChI=1S/C13H17N3O2S/c1-12(10-16-9-5-8-14-16)15-19(17,18)11-13-6-3-2-4-7-13/h2-9,12,15H,10-11H2,1H3/t12-/m0/s1. The first-order chi connectivity index (χ1) is 9.05. The van der Waals surface area contributed by atoms with Gasteiger partial charge in [-0.05, 0) is 18.6 Å². The molecule has 2 rings (SSSR count). The van der Waals surface area contributed by atoms with Gasteiger partial charge in [0.1, 0.15) is 0 Å². The molecule has 1 aromatic heterocycles. The average molecular weight is 279 g/mol. The molecular formula is C13H17N3O2S. The van der Waals surface area contributed by atoms with Crippen LogP contribution in [0.2, 0.25) is 0 Å². The van der Waals surface area contributed by atoms with Crippen molar-refractivity contribution in [3.63, 3.8) is 0 Å². The van der Waals surface area contributed by atoms with Crippen molar-refractivity contribution in [3.05, 3.63) is 54.4 Å². The molecule has 19 heavy (non-hydrogen) atoms. The molecule has 1 heterocycles. The summed E-state index contributed by atoms with van der Waals surface area (Å²) in [6.07, 6.45) is 3.48. The Labute approximate surface area is 113 Å². The van der Waals surface area contributed by atoms with Crippen molar-refractivity contribution in [2.75, 3.05) is 0 Å². The van der Waals surface area contributed by atoms with Gasteiger partial charge in [0.2, 0.25) is 10.0 Å². The number of rotatable bonds is 6. The number of sulfonamides is 1. The summed E-state index contributed by atoms with van der Waals surface area (Å²) in [5, 5.41) is 4.05. The van der Waals surface area contributed by atoms with Gasteiger partial charge in [-0.15, -0.1) is 0 Å². The van der Waals surface area contributed by atoms with Crippen LogP contribution < -0.4 is 4.72 Å². The van der Waals surface area contributed by atoms with E-state index in [1.807, 2.05) is 37.4 Å². The van der Waals surface area contributed by atoms with Gasteiger partial charge in [-0.25, -0.2) is 13.1 Å². The molecule has 0 fully saturated rings. The van der Waals surface area contributed by atoms with Crippen LogP contribution in [0.15, 0.2) is 48.8 Å². The lowest BCUT2D eigenvalue weighted by Crippen LogP contribution is -2.36. The van der Waals surface area contributed by atoms with Gasteiger partial charge in [0.15, 0.2) is 0 Å². The van der Waals surface area contributed by atoms with Gasteiger partial charge < -0.3 is 0 Å². The van der Waals surface area contributed by atoms with Crippen LogP contribution >= 0.6 is 0 Å². The maximum atomic E-state index is 12.0. The van der Waals surface area contributed by atoms with Gasteiger partial charge in [0, 0.05) is 18.4 Å². The highest BCUT2D eigenvalue weighted by atomic mass is 32.2. The zero-order valence-corrected chi connectivity index (χ0v) is 11.5. The Morgan fingerprint density at radius 2 is 2.00 bits per heavy atom. The van der Waals surface area contributed by atoms with E-state index in [4.69, 9.17) is 0 Å². The van der Waals surface area contributed by atoms with E-state index in [9.17, 15) is 8.42 Å². The molecule has 0 aliphatic heterocycles. The van der Waals surface area contributed by atoms with Crippen molar-refractivity contribution in [1.29, 1.82) is 0 Å². The third-order valence-electron chi connectivity index (χ3n) is 2.60. The zero-order valence-electron chi connectivity index (χ0n) is 10.7. The van der Waals surface area contributed by atoms with E-state index in [-0.39, 0.29) is 11.8 Å². The molecule has 0 aliphatic carbocycles. The fraction of sp³-hybridized carbons (Fsp3) is 0.308. The molecule has 5 nitrogen and oxygen atoms in total. The van der Waals surface area contributed by atoms with Gasteiger partial charge in [-0.2, -0.15) is 5.10 Å². The van der Waals surface area contributed by atoms with Crippen LogP contribution in [0.3, 0.4) is 0 Å². The van der Waals surface area contributed by atoms with Crippen LogP contribution in [-0.2, 0) is 22.3 Å². The van der Waals surface area contributed by atoms with Crippen molar-refractivity contribution < 1.29 is 8.42 Å². The third-order valence-corrected chi connectivity index (χ3v) is 4.08. The molecule has 1 N–H and O–H groups in total. The number of hydrogen-bond donors (Lipinski definition) is 1. The van der Waals surface area contributed by atoms with E-state index >= 15 is 0 Å². The lowest BCUT2D eigenvalue weighted by Gasteiger charge is -2.14. The number of nitrogens with zero attached hydrogens (tertiary/aromatic N) is 2. The molecule has 0 radical (unpaired) electrons. The average Bonchev–Trinajstić information content (AvgIpc) is 2.81. The van der Waals surface area contributed by atoms with E-state index in [2.05, 4.69) is 9.82 Å². The lowest BCUT2D eigenvalue weighted by molar-refractivity contribution is 0.493. The highest BCUT2D eigenvalue weighted by Crippen LogP contribution is 2.05. The summed E-state index contributed by atoms with van der Waals surface area (Å²) < 4.78 is 28.4. The minimum absolute atomic E-state index is 0.00269. The largest absolute Gasteiger partial charge is 0.271 e. The number of nitrogens with one attached hydrogen (secondary N) is 1. The predicted octanol–water partition coefficient (Wildman–Crippen LogP) is 1.39. The second-order valence-corrected chi connectivity index (χ2v) is 6.25. The maximum absolute atomic E-state index is 12.0. The van der Waals surface area contributed by atoms with E-state index in [1.54, 1.807) is 23.0 Å². The van der Waals surface area contributed by atoms with Crippen molar-refractivity contribution in [2.24, 2.45) is 0 Å². The quantitative estimate of drug-likeness (QED) is 0.869. The Bertz CT molecular complexity index is 594. The molecule has 1 atom stereocenters. The summed E-state index contributed by atoms with van der Waals surface area (Å²) in [4.78, 5) is 0. The monoisotopic (exact) mass is 279 g/mol. The van der Waals surface area contributed by atoms with Crippen LogP contribution in [0, 0.1) is 0 Å². The molecule has 0 spiro atoms. The molecule has 0 amide bonds. The second-order valence-electron chi connectivity index (χ2n) is 4.49.